The van der Waals surface area contributed by atoms with Gasteiger partial charge in [0, 0.05) is 68.6 Å². The van der Waals surface area contributed by atoms with Crippen LogP contribution in [0, 0.1) is 6.92 Å². The average Bonchev–Trinajstić information content (AvgIpc) is 3.35. The maximum Gasteiger partial charge on any atom is 0.410 e. The van der Waals surface area contributed by atoms with Crippen molar-refractivity contribution in [1.82, 2.24) is 24.6 Å². The standard InChI is InChI=1S/C31H38N6O6/c1-8-41-29(38)26-22-16-21(36-11-13-37(14-12-36)30(39)43-31(3,4)5)9-10-24(22)32-28(33-26)23-15-20-17-35(6)34-25(20)19(2)27(23)42-18-40-7/h9-10,15-17H,8,11-14,18H2,1-7H3. The van der Waals surface area contributed by atoms with Crippen LogP contribution < -0.4 is 9.64 Å². The van der Waals surface area contributed by atoms with E-state index in [0.29, 0.717) is 54.2 Å². The highest BCUT2D eigenvalue weighted by molar-refractivity contribution is 6.03. The fourth-order valence-corrected chi connectivity index (χ4v) is 5.17. The summed E-state index contributed by atoms with van der Waals surface area (Å²) in [6, 6.07) is 7.67. The van der Waals surface area contributed by atoms with Crippen LogP contribution in [0.4, 0.5) is 10.5 Å². The molecule has 0 bridgehead atoms. The van der Waals surface area contributed by atoms with Crippen LogP contribution in [0.5, 0.6) is 5.75 Å². The largest absolute Gasteiger partial charge is 0.466 e. The number of ether oxygens (including phenoxy) is 4. The van der Waals surface area contributed by atoms with E-state index in [0.717, 1.165) is 22.2 Å². The number of rotatable bonds is 7. The van der Waals surface area contributed by atoms with Gasteiger partial charge in [-0.3, -0.25) is 4.68 Å². The molecule has 1 saturated heterocycles. The zero-order chi connectivity index (χ0) is 30.9. The number of amides is 1. The molecule has 3 heterocycles. The van der Waals surface area contributed by atoms with Gasteiger partial charge in [0.05, 0.1) is 23.2 Å². The molecule has 4 aromatic rings. The van der Waals surface area contributed by atoms with Crippen molar-refractivity contribution in [2.45, 2.75) is 40.2 Å². The minimum absolute atomic E-state index is 0.0229. The van der Waals surface area contributed by atoms with Crippen molar-refractivity contribution >= 4 is 39.6 Å². The Hall–Kier alpha value is -4.45. The predicted molar refractivity (Wildman–Crippen MR) is 162 cm³/mol. The zero-order valence-corrected chi connectivity index (χ0v) is 25.8. The van der Waals surface area contributed by atoms with E-state index in [4.69, 9.17) is 28.9 Å². The molecule has 1 aliphatic rings. The first kappa shape index (κ1) is 30.0. The first-order valence-electron chi connectivity index (χ1n) is 14.3. The average molecular weight is 591 g/mol. The number of benzene rings is 2. The van der Waals surface area contributed by atoms with E-state index < -0.39 is 11.6 Å². The highest BCUT2D eigenvalue weighted by Gasteiger charge is 2.27. The van der Waals surface area contributed by atoms with E-state index >= 15 is 0 Å². The summed E-state index contributed by atoms with van der Waals surface area (Å²) < 4.78 is 23.9. The Morgan fingerprint density at radius 2 is 1.79 bits per heavy atom. The van der Waals surface area contributed by atoms with Gasteiger partial charge in [0.25, 0.3) is 0 Å². The normalized spacial score (nSPS) is 13.9. The number of nitrogens with zero attached hydrogens (tertiary/aromatic N) is 6. The number of carbonyl (C=O) groups is 2. The molecule has 0 aliphatic carbocycles. The number of carbonyl (C=O) groups excluding carboxylic acids is 2. The van der Waals surface area contributed by atoms with E-state index in [-0.39, 0.29) is 25.2 Å². The molecule has 1 aliphatic heterocycles. The number of hydrogen-bond donors (Lipinski definition) is 0. The molecule has 43 heavy (non-hydrogen) atoms. The molecule has 1 fully saturated rings. The Morgan fingerprint density at radius 1 is 1.05 bits per heavy atom. The van der Waals surface area contributed by atoms with E-state index in [1.165, 1.54) is 0 Å². The molecule has 0 radical (unpaired) electrons. The number of fused-ring (bicyclic) bond motifs is 2. The van der Waals surface area contributed by atoms with Crippen molar-refractivity contribution in [3.8, 4) is 17.1 Å². The molecular formula is C31H38N6O6. The van der Waals surface area contributed by atoms with Gasteiger partial charge in [-0.1, -0.05) is 0 Å². The Labute approximate surface area is 250 Å². The van der Waals surface area contributed by atoms with Crippen LogP contribution >= 0.6 is 0 Å². The fourth-order valence-electron chi connectivity index (χ4n) is 5.17. The van der Waals surface area contributed by atoms with Crippen LogP contribution in [-0.4, -0.2) is 89.0 Å². The molecule has 0 spiro atoms. The molecule has 0 saturated carbocycles. The smallest absolute Gasteiger partial charge is 0.410 e. The Morgan fingerprint density at radius 3 is 2.47 bits per heavy atom. The van der Waals surface area contributed by atoms with Crippen molar-refractivity contribution in [2.75, 3.05) is 51.6 Å². The third-order valence-electron chi connectivity index (χ3n) is 7.10. The topological polar surface area (TPSA) is 121 Å². The third kappa shape index (κ3) is 6.34. The molecule has 0 unspecified atom stereocenters. The minimum Gasteiger partial charge on any atom is -0.466 e. The molecule has 0 N–H and O–H groups in total. The number of methoxy groups -OCH3 is 1. The van der Waals surface area contributed by atoms with E-state index in [2.05, 4.69) is 10.00 Å². The molecular weight excluding hydrogens is 552 g/mol. The van der Waals surface area contributed by atoms with E-state index in [1.54, 1.807) is 23.6 Å². The highest BCUT2D eigenvalue weighted by atomic mass is 16.7. The van der Waals surface area contributed by atoms with Gasteiger partial charge in [0.15, 0.2) is 18.3 Å². The molecule has 0 atom stereocenters. The van der Waals surface area contributed by atoms with Crippen LogP contribution in [0.2, 0.25) is 0 Å². The van der Waals surface area contributed by atoms with Gasteiger partial charge in [-0.25, -0.2) is 19.6 Å². The lowest BCUT2D eigenvalue weighted by Gasteiger charge is -2.36. The maximum absolute atomic E-state index is 13.3. The van der Waals surface area contributed by atoms with Gasteiger partial charge in [0.1, 0.15) is 11.4 Å². The van der Waals surface area contributed by atoms with Crippen molar-refractivity contribution < 1.29 is 28.5 Å². The summed E-state index contributed by atoms with van der Waals surface area (Å²) in [5.41, 5.74) is 3.32. The van der Waals surface area contributed by atoms with Crippen molar-refractivity contribution in [3.05, 3.63) is 41.7 Å². The van der Waals surface area contributed by atoms with Crippen molar-refractivity contribution in [3.63, 3.8) is 0 Å². The van der Waals surface area contributed by atoms with Crippen molar-refractivity contribution in [2.24, 2.45) is 7.05 Å². The molecule has 12 nitrogen and oxygen atoms in total. The van der Waals surface area contributed by atoms with E-state index in [1.807, 2.05) is 65.2 Å². The second-order valence-corrected chi connectivity index (χ2v) is 11.4. The van der Waals surface area contributed by atoms with Crippen LogP contribution in [0.3, 0.4) is 0 Å². The summed E-state index contributed by atoms with van der Waals surface area (Å²) in [4.78, 5) is 39.3. The SMILES string of the molecule is CCOC(=O)c1nc(-c2cc3cn(C)nc3c(C)c2OCOC)nc2ccc(N3CCN(C(=O)OC(C)(C)C)CC3)cc12. The molecule has 2 aromatic carbocycles. The quantitative estimate of drug-likeness (QED) is 0.221. The Bertz CT molecular complexity index is 1670. The van der Waals surface area contributed by atoms with Gasteiger partial charge < -0.3 is 28.7 Å². The number of hydrogen-bond acceptors (Lipinski definition) is 10. The number of aryl methyl sites for hydroxylation is 2. The summed E-state index contributed by atoms with van der Waals surface area (Å²) in [7, 11) is 3.41. The molecule has 2 aromatic heterocycles. The number of anilines is 1. The molecule has 228 valence electrons. The summed E-state index contributed by atoms with van der Waals surface area (Å²) in [6.45, 7) is 11.8. The number of aromatic nitrogens is 4. The minimum atomic E-state index is -0.548. The molecule has 1 amide bonds. The predicted octanol–water partition coefficient (Wildman–Crippen LogP) is 4.71. The summed E-state index contributed by atoms with van der Waals surface area (Å²) in [5.74, 6) is 0.317. The van der Waals surface area contributed by atoms with Crippen LogP contribution in [0.25, 0.3) is 33.2 Å². The first-order chi connectivity index (χ1) is 20.5. The lowest BCUT2D eigenvalue weighted by Crippen LogP contribution is -2.50. The van der Waals surface area contributed by atoms with Gasteiger partial charge in [-0.15, -0.1) is 0 Å². The van der Waals surface area contributed by atoms with Crippen molar-refractivity contribution in [1.29, 1.82) is 0 Å². The van der Waals surface area contributed by atoms with E-state index in [9.17, 15) is 9.59 Å². The van der Waals surface area contributed by atoms with Crippen LogP contribution in [-0.2, 0) is 21.3 Å². The first-order valence-corrected chi connectivity index (χ1v) is 14.3. The zero-order valence-electron chi connectivity index (χ0n) is 25.8. The lowest BCUT2D eigenvalue weighted by molar-refractivity contribution is 0.0240. The second-order valence-electron chi connectivity index (χ2n) is 11.4. The van der Waals surface area contributed by atoms with Gasteiger partial charge in [0.2, 0.25) is 0 Å². The summed E-state index contributed by atoms with van der Waals surface area (Å²) >= 11 is 0. The summed E-state index contributed by atoms with van der Waals surface area (Å²) in [5, 5.41) is 6.04. The second kappa shape index (κ2) is 12.0. The van der Waals surface area contributed by atoms with Gasteiger partial charge in [-0.05, 0) is 58.9 Å². The van der Waals surface area contributed by atoms with Gasteiger partial charge >= 0.3 is 12.1 Å². The molecule has 12 heteroatoms. The number of esters is 1. The highest BCUT2D eigenvalue weighted by Crippen LogP contribution is 2.38. The summed E-state index contributed by atoms with van der Waals surface area (Å²) in [6.07, 6.45) is 1.60. The Balaban J connectivity index is 1.54. The monoisotopic (exact) mass is 590 g/mol. The third-order valence-corrected chi connectivity index (χ3v) is 7.10. The fraction of sp³-hybridized carbons (Fsp3) is 0.452. The Kier molecular flexibility index (Phi) is 8.41. The molecule has 5 rings (SSSR count). The lowest BCUT2D eigenvalue weighted by atomic mass is 10.0. The van der Waals surface area contributed by atoms with Gasteiger partial charge in [-0.2, -0.15) is 5.10 Å². The van der Waals surface area contributed by atoms with Crippen LogP contribution in [0.1, 0.15) is 43.7 Å². The van der Waals surface area contributed by atoms with Crippen LogP contribution in [0.15, 0.2) is 30.5 Å². The maximum atomic E-state index is 13.3. The number of piperazine rings is 1.